The van der Waals surface area contributed by atoms with Crippen LogP contribution in [0.4, 0.5) is 18.9 Å². The highest BCUT2D eigenvalue weighted by Gasteiger charge is 2.35. The maximum atomic E-state index is 14.0. The van der Waals surface area contributed by atoms with E-state index in [-0.39, 0.29) is 5.69 Å². The van der Waals surface area contributed by atoms with Crippen LogP contribution in [0.2, 0.25) is 0 Å². The molecule has 1 N–H and O–H groups in total. The lowest BCUT2D eigenvalue weighted by molar-refractivity contribution is -0.136. The predicted molar refractivity (Wildman–Crippen MR) is 124 cm³/mol. The summed E-state index contributed by atoms with van der Waals surface area (Å²) in [6.45, 7) is 0.313. The number of benzene rings is 4. The fourth-order valence-electron chi connectivity index (χ4n) is 3.52. The monoisotopic (exact) mass is 435 g/mol. The van der Waals surface area contributed by atoms with Crippen molar-refractivity contribution in [1.82, 2.24) is 0 Å². The molecule has 0 aliphatic heterocycles. The fraction of sp³-hybridized carbons (Fsp3) is 0.0769. The van der Waals surface area contributed by atoms with E-state index in [0.29, 0.717) is 11.8 Å². The van der Waals surface area contributed by atoms with Gasteiger partial charge in [0.05, 0.1) is 11.3 Å². The minimum Gasteiger partial charge on any atom is -0.380 e. The lowest BCUT2D eigenvalue weighted by atomic mass is 10.1. The van der Waals surface area contributed by atoms with Gasteiger partial charge in [0.25, 0.3) is 0 Å². The van der Waals surface area contributed by atoms with E-state index in [4.69, 9.17) is 0 Å². The topological polar surface area (TPSA) is 12.0 Å². The second-order valence-electron chi connectivity index (χ2n) is 7.04. The van der Waals surface area contributed by atoms with Gasteiger partial charge in [-0.25, -0.2) is 0 Å². The van der Waals surface area contributed by atoms with Crippen LogP contribution in [0, 0.1) is 0 Å². The van der Waals surface area contributed by atoms with Crippen molar-refractivity contribution in [2.75, 3.05) is 5.32 Å². The third-order valence-electron chi connectivity index (χ3n) is 4.93. The Morgan fingerprint density at radius 1 is 0.613 bits per heavy atom. The van der Waals surface area contributed by atoms with Crippen molar-refractivity contribution in [3.8, 4) is 0 Å². The first kappa shape index (κ1) is 21.1. The Kier molecular flexibility index (Phi) is 6.39. The molecule has 0 unspecified atom stereocenters. The molecule has 0 saturated carbocycles. The number of anilines is 1. The zero-order valence-electron chi connectivity index (χ0n) is 16.7. The highest BCUT2D eigenvalue weighted by atomic mass is 31.1. The van der Waals surface area contributed by atoms with E-state index >= 15 is 0 Å². The Balaban J connectivity index is 1.86. The smallest absolute Gasteiger partial charge is 0.380 e. The van der Waals surface area contributed by atoms with Crippen LogP contribution in [0.5, 0.6) is 0 Å². The van der Waals surface area contributed by atoms with E-state index in [1.54, 1.807) is 0 Å². The van der Waals surface area contributed by atoms with Crippen molar-refractivity contribution in [1.29, 1.82) is 0 Å². The molecule has 5 heteroatoms. The van der Waals surface area contributed by atoms with Crippen molar-refractivity contribution in [3.63, 3.8) is 0 Å². The van der Waals surface area contributed by atoms with E-state index in [2.05, 4.69) is 5.32 Å². The number of rotatable bonds is 6. The van der Waals surface area contributed by atoms with Crippen molar-refractivity contribution >= 4 is 29.5 Å². The molecule has 0 amide bonds. The molecule has 0 saturated heterocycles. The minimum atomic E-state index is -4.45. The minimum absolute atomic E-state index is 0.151. The molecule has 4 aromatic carbocycles. The second-order valence-corrected chi connectivity index (χ2v) is 9.23. The molecule has 4 aromatic rings. The van der Waals surface area contributed by atoms with Crippen molar-refractivity contribution in [2.45, 2.75) is 12.7 Å². The summed E-state index contributed by atoms with van der Waals surface area (Å²) >= 11 is 0. The zero-order valence-corrected chi connectivity index (χ0v) is 17.6. The van der Waals surface area contributed by atoms with Gasteiger partial charge in [0.15, 0.2) is 0 Å². The molecule has 0 bridgehead atoms. The number of halogens is 3. The van der Waals surface area contributed by atoms with Gasteiger partial charge in [0.1, 0.15) is 0 Å². The van der Waals surface area contributed by atoms with Gasteiger partial charge in [0.2, 0.25) is 0 Å². The number of nitrogens with one attached hydrogen (secondary N) is 1. The first-order valence-electron chi connectivity index (χ1n) is 9.92. The number of hydrogen-bond donors (Lipinski definition) is 1. The van der Waals surface area contributed by atoms with E-state index in [0.717, 1.165) is 22.2 Å². The van der Waals surface area contributed by atoms with Crippen LogP contribution in [0.1, 0.15) is 11.1 Å². The number of hydrogen-bond acceptors (Lipinski definition) is 1. The van der Waals surface area contributed by atoms with Gasteiger partial charge in [-0.2, -0.15) is 13.2 Å². The van der Waals surface area contributed by atoms with Crippen LogP contribution in [0.3, 0.4) is 0 Å². The zero-order chi connectivity index (χ0) is 21.7. The molecule has 0 atom stereocenters. The Morgan fingerprint density at radius 2 is 1.13 bits per heavy atom. The second kappa shape index (κ2) is 9.36. The van der Waals surface area contributed by atoms with E-state index in [9.17, 15) is 13.2 Å². The van der Waals surface area contributed by atoms with Gasteiger partial charge < -0.3 is 5.32 Å². The molecule has 0 spiro atoms. The lowest BCUT2D eigenvalue weighted by Crippen LogP contribution is -2.25. The van der Waals surface area contributed by atoms with E-state index < -0.39 is 19.7 Å². The molecule has 0 aromatic heterocycles. The van der Waals surface area contributed by atoms with Crippen LogP contribution in [-0.4, -0.2) is 0 Å². The van der Waals surface area contributed by atoms with E-state index in [1.807, 2.05) is 97.1 Å². The third kappa shape index (κ3) is 4.98. The normalized spacial score (nSPS) is 11.5. The molecular formula is C26H21F3NP. The van der Waals surface area contributed by atoms with E-state index in [1.165, 1.54) is 6.07 Å². The summed E-state index contributed by atoms with van der Waals surface area (Å²) in [7, 11) is -1.17. The quantitative estimate of drug-likeness (QED) is 0.362. The average Bonchev–Trinajstić information content (AvgIpc) is 2.80. The van der Waals surface area contributed by atoms with Gasteiger partial charge >= 0.3 is 6.18 Å². The molecule has 0 fully saturated rings. The van der Waals surface area contributed by atoms with Crippen molar-refractivity contribution in [3.05, 3.63) is 120 Å². The van der Waals surface area contributed by atoms with Crippen LogP contribution >= 0.6 is 7.92 Å². The van der Waals surface area contributed by atoms with Crippen molar-refractivity contribution in [2.24, 2.45) is 0 Å². The first-order valence-corrected chi connectivity index (χ1v) is 11.3. The van der Waals surface area contributed by atoms with Gasteiger partial charge in [-0.15, -0.1) is 0 Å². The molecule has 4 rings (SSSR count). The number of alkyl halides is 3. The van der Waals surface area contributed by atoms with Gasteiger partial charge in [-0.3, -0.25) is 0 Å². The van der Waals surface area contributed by atoms with Gasteiger partial charge in [0, 0.05) is 11.8 Å². The molecule has 1 nitrogen and oxygen atoms in total. The summed E-state index contributed by atoms with van der Waals surface area (Å²) in [4.78, 5) is 0. The summed E-state index contributed by atoms with van der Waals surface area (Å²) in [6.07, 6.45) is -4.45. The summed E-state index contributed by atoms with van der Waals surface area (Å²) in [6, 6.07) is 33.4. The molecule has 0 aliphatic carbocycles. The van der Waals surface area contributed by atoms with Crippen LogP contribution < -0.4 is 21.2 Å². The van der Waals surface area contributed by atoms with Crippen molar-refractivity contribution < 1.29 is 13.2 Å². The lowest BCUT2D eigenvalue weighted by Gasteiger charge is -2.25. The highest BCUT2D eigenvalue weighted by Crippen LogP contribution is 2.41. The molecule has 156 valence electrons. The average molecular weight is 435 g/mol. The van der Waals surface area contributed by atoms with Crippen LogP contribution in [0.15, 0.2) is 109 Å². The largest absolute Gasteiger partial charge is 0.418 e. The maximum absolute atomic E-state index is 14.0. The molecule has 0 aliphatic rings. The van der Waals surface area contributed by atoms with Gasteiger partial charge in [-0.1, -0.05) is 103 Å². The molecule has 0 heterocycles. The Hall–Kier alpha value is -3.10. The maximum Gasteiger partial charge on any atom is 0.418 e. The number of para-hydroxylation sites is 1. The predicted octanol–water partition coefficient (Wildman–Crippen LogP) is 6.08. The summed E-state index contributed by atoms with van der Waals surface area (Å²) in [5.41, 5.74) is 0.437. The Labute approximate surface area is 181 Å². The highest BCUT2D eigenvalue weighted by molar-refractivity contribution is 7.80. The van der Waals surface area contributed by atoms with Gasteiger partial charge in [-0.05, 0) is 30.2 Å². The molecular weight excluding hydrogens is 414 g/mol. The Morgan fingerprint density at radius 3 is 1.65 bits per heavy atom. The molecule has 31 heavy (non-hydrogen) atoms. The SMILES string of the molecule is FC(F)(F)c1cccc(P(c2ccccc2)c2ccccc2)c1NCc1ccccc1. The van der Waals surface area contributed by atoms with Crippen LogP contribution in [-0.2, 0) is 12.7 Å². The van der Waals surface area contributed by atoms with Crippen LogP contribution in [0.25, 0.3) is 0 Å². The standard InChI is InChI=1S/C26H21F3NP/c27-26(28,29)23-17-10-18-24(25(23)30-19-20-11-4-1-5-12-20)31(21-13-6-2-7-14-21)22-15-8-3-9-16-22/h1-18,30H,19H2. The summed E-state index contributed by atoms with van der Waals surface area (Å²) in [5.74, 6) is 0. The summed E-state index contributed by atoms with van der Waals surface area (Å²) in [5, 5.41) is 5.80. The first-order chi connectivity index (χ1) is 15.0. The Bertz CT molecular complexity index is 1070. The molecule has 0 radical (unpaired) electrons. The summed E-state index contributed by atoms with van der Waals surface area (Å²) < 4.78 is 42.0. The third-order valence-corrected chi connectivity index (χ3v) is 7.41. The fourth-order valence-corrected chi connectivity index (χ4v) is 5.97.